The SMILES string of the molecule is CC(=O)NC(c1ccc(F)cc1)c1cc(-c2ccc(S(C)(=O)=O)cc2)n[nH]1. The van der Waals surface area contributed by atoms with E-state index in [4.69, 9.17) is 0 Å². The quantitative estimate of drug-likeness (QED) is 0.704. The van der Waals surface area contributed by atoms with Gasteiger partial charge in [-0.25, -0.2) is 12.8 Å². The first-order valence-corrected chi connectivity index (χ1v) is 10.0. The van der Waals surface area contributed by atoms with Gasteiger partial charge in [-0.3, -0.25) is 9.89 Å². The molecule has 8 heteroatoms. The summed E-state index contributed by atoms with van der Waals surface area (Å²) < 4.78 is 36.3. The van der Waals surface area contributed by atoms with E-state index in [1.165, 1.54) is 31.2 Å². The summed E-state index contributed by atoms with van der Waals surface area (Å²) in [6.07, 6.45) is 1.15. The van der Waals surface area contributed by atoms with Crippen LogP contribution in [-0.2, 0) is 14.6 Å². The molecule has 2 N–H and O–H groups in total. The summed E-state index contributed by atoms with van der Waals surface area (Å²) in [5, 5.41) is 9.95. The van der Waals surface area contributed by atoms with Crippen molar-refractivity contribution in [2.24, 2.45) is 0 Å². The highest BCUT2D eigenvalue weighted by Crippen LogP contribution is 2.26. The molecule has 1 atom stereocenters. The third kappa shape index (κ3) is 4.40. The Morgan fingerprint density at radius 1 is 1.11 bits per heavy atom. The zero-order valence-corrected chi connectivity index (χ0v) is 15.5. The van der Waals surface area contributed by atoms with Crippen molar-refractivity contribution < 1.29 is 17.6 Å². The average Bonchev–Trinajstić information content (AvgIpc) is 3.09. The number of sulfone groups is 1. The van der Waals surface area contributed by atoms with E-state index in [-0.39, 0.29) is 16.6 Å². The maximum absolute atomic E-state index is 13.2. The summed E-state index contributed by atoms with van der Waals surface area (Å²) in [7, 11) is -3.27. The molecule has 0 fully saturated rings. The second kappa shape index (κ2) is 7.32. The van der Waals surface area contributed by atoms with Crippen LogP contribution in [0.1, 0.15) is 24.2 Å². The Balaban J connectivity index is 1.93. The number of carbonyl (C=O) groups is 1. The number of halogens is 1. The van der Waals surface area contributed by atoms with Gasteiger partial charge in [0.1, 0.15) is 5.82 Å². The van der Waals surface area contributed by atoms with E-state index in [1.807, 2.05) is 0 Å². The van der Waals surface area contributed by atoms with Crippen LogP contribution in [0.2, 0.25) is 0 Å². The van der Waals surface area contributed by atoms with E-state index in [0.29, 0.717) is 17.0 Å². The molecule has 0 radical (unpaired) electrons. The van der Waals surface area contributed by atoms with Gasteiger partial charge >= 0.3 is 0 Å². The maximum Gasteiger partial charge on any atom is 0.217 e. The van der Waals surface area contributed by atoms with Crippen molar-refractivity contribution in [3.05, 3.63) is 71.7 Å². The Kier molecular flexibility index (Phi) is 5.09. The zero-order valence-electron chi connectivity index (χ0n) is 14.7. The van der Waals surface area contributed by atoms with Crippen LogP contribution in [-0.4, -0.2) is 30.8 Å². The molecule has 1 unspecified atom stereocenters. The molecule has 2 aromatic carbocycles. The lowest BCUT2D eigenvalue weighted by Gasteiger charge is -2.16. The van der Waals surface area contributed by atoms with Crippen LogP contribution in [0.5, 0.6) is 0 Å². The molecule has 0 aliphatic heterocycles. The van der Waals surface area contributed by atoms with Gasteiger partial charge in [0.15, 0.2) is 9.84 Å². The molecule has 3 aromatic rings. The van der Waals surface area contributed by atoms with Gasteiger partial charge in [-0.2, -0.15) is 5.10 Å². The van der Waals surface area contributed by atoms with Crippen molar-refractivity contribution >= 4 is 15.7 Å². The van der Waals surface area contributed by atoms with Gasteiger partial charge < -0.3 is 5.32 Å². The number of amides is 1. The molecule has 0 aliphatic carbocycles. The van der Waals surface area contributed by atoms with Gasteiger partial charge in [0.05, 0.1) is 22.3 Å². The smallest absolute Gasteiger partial charge is 0.217 e. The molecule has 0 aliphatic rings. The van der Waals surface area contributed by atoms with Crippen molar-refractivity contribution in [2.75, 3.05) is 6.26 Å². The number of rotatable bonds is 5. The highest BCUT2D eigenvalue weighted by molar-refractivity contribution is 7.90. The lowest BCUT2D eigenvalue weighted by Crippen LogP contribution is -2.27. The molecule has 0 spiro atoms. The standard InChI is InChI=1S/C19H18FN3O3S/c1-12(24)21-19(14-3-7-15(20)8-4-14)18-11-17(22-23-18)13-5-9-16(10-6-13)27(2,25)26/h3-11,19H,1-2H3,(H,21,24)(H,22,23). The van der Waals surface area contributed by atoms with Crippen LogP contribution < -0.4 is 5.32 Å². The van der Waals surface area contributed by atoms with Gasteiger partial charge in [0, 0.05) is 18.7 Å². The van der Waals surface area contributed by atoms with Crippen LogP contribution in [0.25, 0.3) is 11.3 Å². The molecule has 0 bridgehead atoms. The fourth-order valence-corrected chi connectivity index (χ4v) is 3.33. The fraction of sp³-hybridized carbons (Fsp3) is 0.158. The molecule has 1 amide bonds. The number of hydrogen-bond acceptors (Lipinski definition) is 4. The highest BCUT2D eigenvalue weighted by atomic mass is 32.2. The van der Waals surface area contributed by atoms with Gasteiger partial charge in [0.25, 0.3) is 0 Å². The largest absolute Gasteiger partial charge is 0.344 e. The number of H-pyrrole nitrogens is 1. The van der Waals surface area contributed by atoms with Crippen molar-refractivity contribution in [3.63, 3.8) is 0 Å². The lowest BCUT2D eigenvalue weighted by molar-refractivity contribution is -0.119. The molecular weight excluding hydrogens is 369 g/mol. The molecule has 6 nitrogen and oxygen atoms in total. The Morgan fingerprint density at radius 2 is 1.74 bits per heavy atom. The Labute approximate surface area is 156 Å². The van der Waals surface area contributed by atoms with Crippen LogP contribution >= 0.6 is 0 Å². The Hall–Kier alpha value is -3.00. The molecule has 1 heterocycles. The first-order chi connectivity index (χ1) is 12.7. The monoisotopic (exact) mass is 387 g/mol. The second-order valence-corrected chi connectivity index (χ2v) is 8.21. The van der Waals surface area contributed by atoms with Crippen molar-refractivity contribution in [1.29, 1.82) is 0 Å². The van der Waals surface area contributed by atoms with Crippen molar-refractivity contribution in [2.45, 2.75) is 17.9 Å². The van der Waals surface area contributed by atoms with Crippen molar-refractivity contribution in [1.82, 2.24) is 15.5 Å². The molecule has 0 saturated heterocycles. The molecule has 1 aromatic heterocycles. The molecule has 0 saturated carbocycles. The number of aromatic amines is 1. The topological polar surface area (TPSA) is 91.9 Å². The molecule has 27 heavy (non-hydrogen) atoms. The normalized spacial score (nSPS) is 12.6. The Bertz CT molecular complexity index is 1060. The summed E-state index contributed by atoms with van der Waals surface area (Å²) in [5.41, 5.74) is 2.65. The molecule has 140 valence electrons. The van der Waals surface area contributed by atoms with Gasteiger partial charge in [0.2, 0.25) is 5.91 Å². The Morgan fingerprint density at radius 3 is 2.30 bits per heavy atom. The highest BCUT2D eigenvalue weighted by Gasteiger charge is 2.19. The predicted molar refractivity (Wildman–Crippen MR) is 99.2 cm³/mol. The van der Waals surface area contributed by atoms with E-state index in [9.17, 15) is 17.6 Å². The van der Waals surface area contributed by atoms with E-state index >= 15 is 0 Å². The number of benzene rings is 2. The first-order valence-electron chi connectivity index (χ1n) is 8.12. The number of carbonyl (C=O) groups excluding carboxylic acids is 1. The van der Waals surface area contributed by atoms with E-state index in [1.54, 1.807) is 30.3 Å². The lowest BCUT2D eigenvalue weighted by atomic mass is 10.0. The minimum atomic E-state index is -3.27. The average molecular weight is 387 g/mol. The summed E-state index contributed by atoms with van der Waals surface area (Å²) in [4.78, 5) is 11.8. The summed E-state index contributed by atoms with van der Waals surface area (Å²) in [6.45, 7) is 1.40. The minimum Gasteiger partial charge on any atom is -0.344 e. The summed E-state index contributed by atoms with van der Waals surface area (Å²) in [6, 6.07) is 13.5. The van der Waals surface area contributed by atoms with Crippen LogP contribution in [0.15, 0.2) is 59.5 Å². The van der Waals surface area contributed by atoms with Crippen molar-refractivity contribution in [3.8, 4) is 11.3 Å². The third-order valence-corrected chi connectivity index (χ3v) is 5.17. The minimum absolute atomic E-state index is 0.226. The summed E-state index contributed by atoms with van der Waals surface area (Å²) >= 11 is 0. The summed E-state index contributed by atoms with van der Waals surface area (Å²) in [5.74, 6) is -0.602. The number of aromatic nitrogens is 2. The van der Waals surface area contributed by atoms with Crippen LogP contribution in [0.4, 0.5) is 4.39 Å². The number of nitrogens with zero attached hydrogens (tertiary/aromatic N) is 1. The molecule has 3 rings (SSSR count). The third-order valence-electron chi connectivity index (χ3n) is 4.04. The van der Waals surface area contributed by atoms with E-state index < -0.39 is 15.9 Å². The fourth-order valence-electron chi connectivity index (χ4n) is 2.70. The predicted octanol–water partition coefficient (Wildman–Crippen LogP) is 2.84. The second-order valence-electron chi connectivity index (χ2n) is 6.19. The van der Waals surface area contributed by atoms with E-state index in [0.717, 1.165) is 11.8 Å². The number of hydrogen-bond donors (Lipinski definition) is 2. The maximum atomic E-state index is 13.2. The number of nitrogens with one attached hydrogen (secondary N) is 2. The van der Waals surface area contributed by atoms with E-state index in [2.05, 4.69) is 15.5 Å². The van der Waals surface area contributed by atoms with Gasteiger partial charge in [-0.15, -0.1) is 0 Å². The van der Waals surface area contributed by atoms with Crippen LogP contribution in [0.3, 0.4) is 0 Å². The first kappa shape index (κ1) is 18.8. The zero-order chi connectivity index (χ0) is 19.6. The van der Waals surface area contributed by atoms with Gasteiger partial charge in [-0.1, -0.05) is 24.3 Å². The van der Waals surface area contributed by atoms with Crippen LogP contribution in [0, 0.1) is 5.82 Å². The molecular formula is C19H18FN3O3S. The van der Waals surface area contributed by atoms with Gasteiger partial charge in [-0.05, 0) is 35.9 Å².